The molecule has 10 heteroatoms. The van der Waals surface area contributed by atoms with E-state index in [1.165, 1.54) is 12.0 Å². The van der Waals surface area contributed by atoms with Crippen molar-refractivity contribution >= 4 is 27.5 Å². The van der Waals surface area contributed by atoms with E-state index in [0.717, 1.165) is 48.2 Å². The minimum atomic E-state index is -3.80. The third kappa shape index (κ3) is 7.86. The zero-order valence-electron chi connectivity index (χ0n) is 22.7. The van der Waals surface area contributed by atoms with Gasteiger partial charge in [0, 0.05) is 12.6 Å². The summed E-state index contributed by atoms with van der Waals surface area (Å²) in [5.41, 5.74) is 1.11. The molecular formula is C28H39N3O6S. The zero-order chi connectivity index (χ0) is 27.7. The molecule has 38 heavy (non-hydrogen) atoms. The van der Waals surface area contributed by atoms with Gasteiger partial charge in [0.05, 0.1) is 26.2 Å². The highest BCUT2D eigenvalue weighted by atomic mass is 32.2. The zero-order valence-corrected chi connectivity index (χ0v) is 23.5. The fourth-order valence-corrected chi connectivity index (χ4v) is 5.64. The Balaban J connectivity index is 1.92. The molecular weight excluding hydrogens is 506 g/mol. The summed E-state index contributed by atoms with van der Waals surface area (Å²) in [6, 6.07) is 13.1. The smallest absolute Gasteiger partial charge is 0.244 e. The average molecular weight is 546 g/mol. The molecule has 1 saturated carbocycles. The number of nitrogens with zero attached hydrogens (tertiary/aromatic N) is 2. The van der Waals surface area contributed by atoms with Gasteiger partial charge in [-0.3, -0.25) is 13.9 Å². The van der Waals surface area contributed by atoms with E-state index in [1.807, 2.05) is 25.1 Å². The Morgan fingerprint density at radius 3 is 2.24 bits per heavy atom. The minimum absolute atomic E-state index is 0.0888. The molecule has 0 spiro atoms. The molecule has 1 aliphatic carbocycles. The molecule has 1 N–H and O–H groups in total. The van der Waals surface area contributed by atoms with Crippen LogP contribution in [0.25, 0.3) is 0 Å². The number of sulfonamides is 1. The van der Waals surface area contributed by atoms with E-state index in [-0.39, 0.29) is 18.5 Å². The van der Waals surface area contributed by atoms with Crippen LogP contribution in [0.4, 0.5) is 5.69 Å². The van der Waals surface area contributed by atoms with Gasteiger partial charge in [-0.15, -0.1) is 0 Å². The van der Waals surface area contributed by atoms with Gasteiger partial charge in [0.1, 0.15) is 24.1 Å². The highest BCUT2D eigenvalue weighted by Gasteiger charge is 2.33. The van der Waals surface area contributed by atoms with Crippen molar-refractivity contribution in [3.05, 3.63) is 54.1 Å². The summed E-state index contributed by atoms with van der Waals surface area (Å²) in [7, 11) is -0.717. The maximum Gasteiger partial charge on any atom is 0.244 e. The first-order chi connectivity index (χ1) is 18.2. The second-order valence-corrected chi connectivity index (χ2v) is 11.5. The first-order valence-electron chi connectivity index (χ1n) is 13.0. The lowest BCUT2D eigenvalue weighted by atomic mass is 9.95. The summed E-state index contributed by atoms with van der Waals surface area (Å²) in [5, 5.41) is 3.14. The molecule has 208 valence electrons. The van der Waals surface area contributed by atoms with Gasteiger partial charge in [-0.05, 0) is 61.2 Å². The van der Waals surface area contributed by atoms with Crippen LogP contribution in [0.2, 0.25) is 0 Å². The molecule has 0 heterocycles. The van der Waals surface area contributed by atoms with Crippen molar-refractivity contribution < 1.29 is 27.5 Å². The molecule has 2 amide bonds. The number of hydrogen-bond acceptors (Lipinski definition) is 6. The van der Waals surface area contributed by atoms with E-state index in [0.29, 0.717) is 23.6 Å². The normalized spacial score (nSPS) is 14.8. The Bertz CT molecular complexity index is 1180. The molecule has 0 aliphatic heterocycles. The van der Waals surface area contributed by atoms with Gasteiger partial charge in [0.2, 0.25) is 21.8 Å². The Labute approximate surface area is 226 Å². The lowest BCUT2D eigenvalue weighted by molar-refractivity contribution is -0.140. The highest BCUT2D eigenvalue weighted by molar-refractivity contribution is 7.92. The molecule has 0 radical (unpaired) electrons. The predicted octanol–water partition coefficient (Wildman–Crippen LogP) is 3.73. The number of methoxy groups -OCH3 is 2. The number of amides is 2. The quantitative estimate of drug-likeness (QED) is 0.436. The van der Waals surface area contributed by atoms with E-state index in [9.17, 15) is 18.0 Å². The van der Waals surface area contributed by atoms with Crippen molar-refractivity contribution in [1.29, 1.82) is 0 Å². The molecule has 9 nitrogen and oxygen atoms in total. The molecule has 2 aromatic rings. The standard InChI is InChI=1S/C28H39N3O6S/c1-5-26(28(33)29-22-11-7-6-8-12-22)30(19-21-10-9-13-25(18-21)37-3)27(32)20-31(38(4,34)35)23-14-16-24(36-2)17-15-23/h9-10,13-18,22,26H,5-8,11-12,19-20H2,1-4H3,(H,29,33)/t26-/m0/s1. The lowest BCUT2D eigenvalue weighted by Gasteiger charge is -2.34. The molecule has 1 aliphatic rings. The maximum absolute atomic E-state index is 13.8. The van der Waals surface area contributed by atoms with Gasteiger partial charge < -0.3 is 19.7 Å². The molecule has 2 aromatic carbocycles. The highest BCUT2D eigenvalue weighted by Crippen LogP contribution is 2.24. The molecule has 1 atom stereocenters. The molecule has 0 aromatic heterocycles. The molecule has 0 bridgehead atoms. The third-order valence-corrected chi connectivity index (χ3v) is 8.00. The average Bonchev–Trinajstić information content (AvgIpc) is 2.91. The summed E-state index contributed by atoms with van der Waals surface area (Å²) < 4.78 is 37.1. The van der Waals surface area contributed by atoms with E-state index in [4.69, 9.17) is 9.47 Å². The third-order valence-electron chi connectivity index (χ3n) is 6.86. The van der Waals surface area contributed by atoms with Crippen LogP contribution in [-0.4, -0.2) is 64.2 Å². The first-order valence-corrected chi connectivity index (χ1v) is 14.9. The molecule has 0 saturated heterocycles. The molecule has 0 unspecified atom stereocenters. The van der Waals surface area contributed by atoms with Crippen molar-refractivity contribution in [1.82, 2.24) is 10.2 Å². The Morgan fingerprint density at radius 1 is 1.00 bits per heavy atom. The Morgan fingerprint density at radius 2 is 1.66 bits per heavy atom. The van der Waals surface area contributed by atoms with Crippen molar-refractivity contribution in [3.63, 3.8) is 0 Å². The lowest BCUT2D eigenvalue weighted by Crippen LogP contribution is -2.53. The number of carbonyl (C=O) groups excluding carboxylic acids is 2. The number of rotatable bonds is 12. The monoisotopic (exact) mass is 545 g/mol. The van der Waals surface area contributed by atoms with E-state index < -0.39 is 28.5 Å². The fraction of sp³-hybridized carbons (Fsp3) is 0.500. The van der Waals surface area contributed by atoms with Crippen LogP contribution in [-0.2, 0) is 26.2 Å². The maximum atomic E-state index is 13.8. The van der Waals surface area contributed by atoms with Crippen LogP contribution >= 0.6 is 0 Å². The number of anilines is 1. The number of carbonyl (C=O) groups is 2. The van der Waals surface area contributed by atoms with E-state index in [1.54, 1.807) is 37.4 Å². The van der Waals surface area contributed by atoms with Crippen molar-refractivity contribution in [2.45, 2.75) is 64.1 Å². The fourth-order valence-electron chi connectivity index (χ4n) is 4.79. The molecule has 1 fully saturated rings. The number of ether oxygens (including phenoxy) is 2. The van der Waals surface area contributed by atoms with Gasteiger partial charge in [-0.2, -0.15) is 0 Å². The SMILES string of the molecule is CC[C@@H](C(=O)NC1CCCCC1)N(Cc1cccc(OC)c1)C(=O)CN(c1ccc(OC)cc1)S(C)(=O)=O. The Hall–Kier alpha value is -3.27. The minimum Gasteiger partial charge on any atom is -0.497 e. The number of nitrogens with one attached hydrogen (secondary N) is 1. The summed E-state index contributed by atoms with van der Waals surface area (Å²) in [6.45, 7) is 1.55. The largest absolute Gasteiger partial charge is 0.497 e. The number of benzene rings is 2. The van der Waals surface area contributed by atoms with E-state index in [2.05, 4.69) is 5.32 Å². The Kier molecular flexibility index (Phi) is 10.4. The predicted molar refractivity (Wildman–Crippen MR) is 148 cm³/mol. The van der Waals surface area contributed by atoms with Crippen molar-refractivity contribution in [2.24, 2.45) is 0 Å². The molecule has 3 rings (SSSR count). The summed E-state index contributed by atoms with van der Waals surface area (Å²) in [6.07, 6.45) is 6.59. The topological polar surface area (TPSA) is 105 Å². The van der Waals surface area contributed by atoms with Crippen LogP contribution in [0.3, 0.4) is 0 Å². The van der Waals surface area contributed by atoms with E-state index >= 15 is 0 Å². The summed E-state index contributed by atoms with van der Waals surface area (Å²) in [5.74, 6) is 0.509. The summed E-state index contributed by atoms with van der Waals surface area (Å²) in [4.78, 5) is 28.8. The van der Waals surface area contributed by atoms with Gasteiger partial charge in [-0.25, -0.2) is 8.42 Å². The van der Waals surface area contributed by atoms with Crippen LogP contribution in [0.5, 0.6) is 11.5 Å². The van der Waals surface area contributed by atoms with Crippen LogP contribution < -0.4 is 19.1 Å². The van der Waals surface area contributed by atoms with Crippen LogP contribution in [0.1, 0.15) is 51.0 Å². The van der Waals surface area contributed by atoms with Crippen LogP contribution in [0.15, 0.2) is 48.5 Å². The summed E-state index contributed by atoms with van der Waals surface area (Å²) >= 11 is 0. The van der Waals surface area contributed by atoms with Gasteiger partial charge in [0.25, 0.3) is 0 Å². The van der Waals surface area contributed by atoms with Crippen molar-refractivity contribution in [2.75, 3.05) is 31.3 Å². The van der Waals surface area contributed by atoms with Crippen LogP contribution in [0, 0.1) is 0 Å². The first kappa shape index (κ1) is 29.3. The second-order valence-electron chi connectivity index (χ2n) is 9.61. The number of hydrogen-bond donors (Lipinski definition) is 1. The van der Waals surface area contributed by atoms with Gasteiger partial charge >= 0.3 is 0 Å². The van der Waals surface area contributed by atoms with Gasteiger partial charge in [0.15, 0.2) is 0 Å². The van der Waals surface area contributed by atoms with Gasteiger partial charge in [-0.1, -0.05) is 38.3 Å². The second kappa shape index (κ2) is 13.5. The van der Waals surface area contributed by atoms with Crippen molar-refractivity contribution in [3.8, 4) is 11.5 Å².